The summed E-state index contributed by atoms with van der Waals surface area (Å²) in [5, 5.41) is 16.1. The number of benzene rings is 2. The number of hydrogen-bond donors (Lipinski definition) is 2. The van der Waals surface area contributed by atoms with Gasteiger partial charge in [-0.25, -0.2) is 0 Å². The molecule has 9 heteroatoms. The van der Waals surface area contributed by atoms with Crippen LogP contribution in [0.1, 0.15) is 16.1 Å². The van der Waals surface area contributed by atoms with Gasteiger partial charge in [-0.1, -0.05) is 18.2 Å². The maximum atomic E-state index is 12.4. The summed E-state index contributed by atoms with van der Waals surface area (Å²) in [6, 6.07) is 15.5. The van der Waals surface area contributed by atoms with Crippen molar-refractivity contribution in [1.29, 1.82) is 0 Å². The fourth-order valence-electron chi connectivity index (χ4n) is 2.49. The van der Waals surface area contributed by atoms with Crippen LogP contribution in [0.3, 0.4) is 0 Å². The van der Waals surface area contributed by atoms with Crippen molar-refractivity contribution in [2.75, 3.05) is 11.9 Å². The van der Waals surface area contributed by atoms with Crippen LogP contribution in [-0.2, 0) is 11.3 Å². The SMILES string of the molecule is O=C(COc1cccc([N+](=O)[O-])c1)Nc1ccccc1C(=O)NCc1ccco1. The van der Waals surface area contributed by atoms with Crippen LogP contribution in [0.2, 0.25) is 0 Å². The fraction of sp³-hybridized carbons (Fsp3) is 0.100. The molecule has 0 saturated carbocycles. The molecule has 2 amide bonds. The highest BCUT2D eigenvalue weighted by Gasteiger charge is 2.14. The summed E-state index contributed by atoms with van der Waals surface area (Å²) in [4.78, 5) is 34.9. The molecule has 0 saturated heterocycles. The molecule has 0 aliphatic rings. The number of ether oxygens (including phenoxy) is 1. The average molecular weight is 395 g/mol. The molecule has 2 N–H and O–H groups in total. The molecule has 0 spiro atoms. The van der Waals surface area contributed by atoms with E-state index in [4.69, 9.17) is 9.15 Å². The number of anilines is 1. The highest BCUT2D eigenvalue weighted by Crippen LogP contribution is 2.19. The van der Waals surface area contributed by atoms with E-state index >= 15 is 0 Å². The van der Waals surface area contributed by atoms with E-state index in [9.17, 15) is 19.7 Å². The first-order valence-electron chi connectivity index (χ1n) is 8.59. The van der Waals surface area contributed by atoms with E-state index in [1.807, 2.05) is 0 Å². The Morgan fingerprint density at radius 3 is 2.66 bits per heavy atom. The minimum absolute atomic E-state index is 0.138. The van der Waals surface area contributed by atoms with Crippen molar-refractivity contribution in [3.05, 3.63) is 88.4 Å². The molecule has 3 aromatic rings. The Bertz CT molecular complexity index is 1020. The molecule has 0 atom stereocenters. The summed E-state index contributed by atoms with van der Waals surface area (Å²) < 4.78 is 10.5. The van der Waals surface area contributed by atoms with Crippen LogP contribution in [0.25, 0.3) is 0 Å². The zero-order valence-corrected chi connectivity index (χ0v) is 15.2. The zero-order chi connectivity index (χ0) is 20.6. The van der Waals surface area contributed by atoms with Crippen molar-refractivity contribution >= 4 is 23.2 Å². The lowest BCUT2D eigenvalue weighted by Gasteiger charge is -2.11. The van der Waals surface area contributed by atoms with Crippen LogP contribution in [0.4, 0.5) is 11.4 Å². The van der Waals surface area contributed by atoms with Crippen LogP contribution in [0, 0.1) is 10.1 Å². The Kier molecular flexibility index (Phi) is 6.21. The van der Waals surface area contributed by atoms with Crippen molar-refractivity contribution in [1.82, 2.24) is 5.32 Å². The molecular formula is C20H17N3O6. The van der Waals surface area contributed by atoms with Gasteiger partial charge in [-0.05, 0) is 30.3 Å². The number of carbonyl (C=O) groups excluding carboxylic acids is 2. The van der Waals surface area contributed by atoms with Crippen molar-refractivity contribution in [2.45, 2.75) is 6.54 Å². The van der Waals surface area contributed by atoms with Gasteiger partial charge < -0.3 is 19.8 Å². The number of amides is 2. The van der Waals surface area contributed by atoms with Gasteiger partial charge in [-0.2, -0.15) is 0 Å². The van der Waals surface area contributed by atoms with E-state index in [-0.39, 0.29) is 36.1 Å². The first-order chi connectivity index (χ1) is 14.0. The normalized spacial score (nSPS) is 10.2. The number of nitro benzene ring substituents is 1. The quantitative estimate of drug-likeness (QED) is 0.446. The van der Waals surface area contributed by atoms with E-state index in [2.05, 4.69) is 10.6 Å². The highest BCUT2D eigenvalue weighted by molar-refractivity contribution is 6.03. The van der Waals surface area contributed by atoms with Gasteiger partial charge in [0.2, 0.25) is 0 Å². The maximum Gasteiger partial charge on any atom is 0.273 e. The summed E-state index contributed by atoms with van der Waals surface area (Å²) in [6.45, 7) is -0.159. The lowest BCUT2D eigenvalue weighted by atomic mass is 10.1. The highest BCUT2D eigenvalue weighted by atomic mass is 16.6. The number of para-hydroxylation sites is 1. The van der Waals surface area contributed by atoms with E-state index in [1.165, 1.54) is 30.5 Å². The van der Waals surface area contributed by atoms with Gasteiger partial charge in [-0.15, -0.1) is 0 Å². The lowest BCUT2D eigenvalue weighted by Crippen LogP contribution is -2.26. The van der Waals surface area contributed by atoms with Crippen LogP contribution in [0.5, 0.6) is 5.75 Å². The molecule has 0 fully saturated rings. The van der Waals surface area contributed by atoms with Crippen molar-refractivity contribution < 1.29 is 23.7 Å². The van der Waals surface area contributed by atoms with Gasteiger partial charge in [0, 0.05) is 6.07 Å². The van der Waals surface area contributed by atoms with E-state index in [0.717, 1.165) is 0 Å². The Balaban J connectivity index is 1.59. The zero-order valence-electron chi connectivity index (χ0n) is 15.2. The van der Waals surface area contributed by atoms with E-state index in [1.54, 1.807) is 36.4 Å². The first-order valence-corrected chi connectivity index (χ1v) is 8.59. The van der Waals surface area contributed by atoms with Crippen LogP contribution < -0.4 is 15.4 Å². The minimum atomic E-state index is -0.551. The van der Waals surface area contributed by atoms with Gasteiger partial charge in [0.1, 0.15) is 11.5 Å². The van der Waals surface area contributed by atoms with Crippen LogP contribution >= 0.6 is 0 Å². The van der Waals surface area contributed by atoms with Gasteiger partial charge in [0.05, 0.1) is 35.0 Å². The van der Waals surface area contributed by atoms with Gasteiger partial charge in [-0.3, -0.25) is 19.7 Å². The molecule has 3 rings (SSSR count). The third kappa shape index (κ3) is 5.42. The number of carbonyl (C=O) groups is 2. The van der Waals surface area contributed by atoms with Crippen molar-refractivity contribution in [3.63, 3.8) is 0 Å². The smallest absolute Gasteiger partial charge is 0.273 e. The molecule has 0 aliphatic carbocycles. The Morgan fingerprint density at radius 2 is 1.90 bits per heavy atom. The summed E-state index contributed by atoms with van der Waals surface area (Å²) in [6.07, 6.45) is 1.51. The third-order valence-electron chi connectivity index (χ3n) is 3.85. The van der Waals surface area contributed by atoms with Gasteiger partial charge in [0.15, 0.2) is 6.61 Å². The second kappa shape index (κ2) is 9.18. The topological polar surface area (TPSA) is 124 Å². The monoisotopic (exact) mass is 395 g/mol. The van der Waals surface area contributed by atoms with Crippen molar-refractivity contribution in [3.8, 4) is 5.75 Å². The molecule has 0 unspecified atom stereocenters. The molecular weight excluding hydrogens is 378 g/mol. The standard InChI is InChI=1S/C20H17N3O6/c24-19(13-29-15-6-3-5-14(11-15)23(26)27)22-18-9-2-1-8-17(18)20(25)21-12-16-7-4-10-28-16/h1-11H,12-13H2,(H,21,25)(H,22,24). The first kappa shape index (κ1) is 19.6. The third-order valence-corrected chi connectivity index (χ3v) is 3.85. The molecule has 0 radical (unpaired) electrons. The van der Waals surface area contributed by atoms with Gasteiger partial charge >= 0.3 is 0 Å². The molecule has 2 aromatic carbocycles. The Labute approximate surface area is 165 Å². The summed E-state index contributed by atoms with van der Waals surface area (Å²) >= 11 is 0. The molecule has 29 heavy (non-hydrogen) atoms. The Morgan fingerprint density at radius 1 is 1.07 bits per heavy atom. The Hall–Kier alpha value is -4.14. The fourth-order valence-corrected chi connectivity index (χ4v) is 2.49. The van der Waals surface area contributed by atoms with E-state index in [0.29, 0.717) is 11.4 Å². The van der Waals surface area contributed by atoms with Crippen molar-refractivity contribution in [2.24, 2.45) is 0 Å². The maximum absolute atomic E-state index is 12.4. The average Bonchev–Trinajstić information content (AvgIpc) is 3.25. The predicted molar refractivity (Wildman–Crippen MR) is 104 cm³/mol. The van der Waals surface area contributed by atoms with Crippen LogP contribution in [0.15, 0.2) is 71.3 Å². The summed E-state index contributed by atoms with van der Waals surface area (Å²) in [5.41, 5.74) is 0.460. The molecule has 0 bridgehead atoms. The summed E-state index contributed by atoms with van der Waals surface area (Å²) in [5.74, 6) is -0.0938. The molecule has 9 nitrogen and oxygen atoms in total. The minimum Gasteiger partial charge on any atom is -0.484 e. The number of hydrogen-bond acceptors (Lipinski definition) is 6. The number of nitrogens with one attached hydrogen (secondary N) is 2. The summed E-state index contributed by atoms with van der Waals surface area (Å²) in [7, 11) is 0. The van der Waals surface area contributed by atoms with Crippen LogP contribution in [-0.4, -0.2) is 23.3 Å². The molecule has 1 heterocycles. The molecule has 148 valence electrons. The van der Waals surface area contributed by atoms with Gasteiger partial charge in [0.25, 0.3) is 17.5 Å². The number of non-ortho nitro benzene ring substituents is 1. The largest absolute Gasteiger partial charge is 0.484 e. The number of rotatable bonds is 8. The molecule has 0 aliphatic heterocycles. The number of nitrogens with zero attached hydrogens (tertiary/aromatic N) is 1. The predicted octanol–water partition coefficient (Wildman–Crippen LogP) is 3.14. The number of furan rings is 1. The second-order valence-electron chi connectivity index (χ2n) is 5.90. The van der Waals surface area contributed by atoms with E-state index < -0.39 is 10.8 Å². The lowest BCUT2D eigenvalue weighted by molar-refractivity contribution is -0.384. The number of nitro groups is 1. The molecule has 1 aromatic heterocycles. The second-order valence-corrected chi connectivity index (χ2v) is 5.90.